The molecule has 1 atom stereocenters. The average Bonchev–Trinajstić information content (AvgIpc) is 3.39. The van der Waals surface area contributed by atoms with Crippen LogP contribution in [0.15, 0.2) is 52.7 Å². The maximum atomic E-state index is 13.6. The summed E-state index contributed by atoms with van der Waals surface area (Å²) in [4.78, 5) is 27.1. The Morgan fingerprint density at radius 1 is 1.15 bits per heavy atom. The number of nitrogens with one attached hydrogen (secondary N) is 1. The molecule has 2 aromatic carbocycles. The smallest absolute Gasteiger partial charge is 0.244 e. The number of hydrogen-bond acceptors (Lipinski definition) is 7. The number of benzene rings is 2. The summed E-state index contributed by atoms with van der Waals surface area (Å²) in [5.41, 5.74) is 18.0. The number of carbonyl (C=O) groups excluding carboxylic acids is 2. The van der Waals surface area contributed by atoms with Crippen molar-refractivity contribution in [2.75, 3.05) is 18.8 Å². The van der Waals surface area contributed by atoms with Crippen LogP contribution in [0.4, 0.5) is 5.69 Å². The molecule has 1 aliphatic rings. The number of likely N-dealkylation sites (tertiary alicyclic amines) is 1. The van der Waals surface area contributed by atoms with E-state index in [1.807, 2.05) is 0 Å². The third kappa shape index (κ3) is 4.60. The molecule has 4 rings (SSSR count). The van der Waals surface area contributed by atoms with Crippen molar-refractivity contribution in [2.45, 2.75) is 23.9 Å². The van der Waals surface area contributed by atoms with Crippen molar-refractivity contribution in [3.8, 4) is 0 Å². The van der Waals surface area contributed by atoms with Gasteiger partial charge in [0.2, 0.25) is 21.8 Å². The Balaban J connectivity index is 1.62. The Labute approximate surface area is 200 Å². The van der Waals surface area contributed by atoms with Gasteiger partial charge in [0, 0.05) is 18.8 Å². The lowest BCUT2D eigenvalue weighted by Gasteiger charge is -2.26. The summed E-state index contributed by atoms with van der Waals surface area (Å²) < 4.78 is 28.0. The maximum absolute atomic E-state index is 13.6. The molecule has 1 saturated heterocycles. The van der Waals surface area contributed by atoms with Crippen LogP contribution in [-0.2, 0) is 26.2 Å². The molecular weight excluding hydrogens is 476 g/mol. The number of primary amides is 1. The van der Waals surface area contributed by atoms with Gasteiger partial charge in [-0.2, -0.15) is 4.31 Å². The lowest BCUT2D eigenvalue weighted by atomic mass is 10.1. The van der Waals surface area contributed by atoms with Crippen molar-refractivity contribution < 1.29 is 18.0 Å². The topological polar surface area (TPSA) is 177 Å². The number of sulfonamides is 1. The van der Waals surface area contributed by atoms with E-state index in [0.717, 1.165) is 15.3 Å². The first kappa shape index (κ1) is 23.7. The molecule has 0 radical (unpaired) electrons. The van der Waals surface area contributed by atoms with Gasteiger partial charge in [-0.05, 0) is 58.5 Å². The van der Waals surface area contributed by atoms with Crippen LogP contribution in [0.3, 0.4) is 0 Å². The lowest BCUT2D eigenvalue weighted by molar-refractivity contribution is -0.131. The molecular formula is C22H24N6O4S2. The van der Waals surface area contributed by atoms with Crippen LogP contribution in [0, 0.1) is 5.41 Å². The first-order valence-electron chi connectivity index (χ1n) is 10.4. The van der Waals surface area contributed by atoms with Crippen LogP contribution in [-0.4, -0.2) is 54.4 Å². The van der Waals surface area contributed by atoms with Gasteiger partial charge in [0.1, 0.15) is 11.9 Å². The number of fused-ring (bicyclic) bond motifs is 1. The van der Waals surface area contributed by atoms with Crippen molar-refractivity contribution >= 4 is 55.5 Å². The van der Waals surface area contributed by atoms with Gasteiger partial charge < -0.3 is 22.1 Å². The predicted octanol–water partition coefficient (Wildman–Crippen LogP) is 1.04. The van der Waals surface area contributed by atoms with Gasteiger partial charge in [-0.1, -0.05) is 12.1 Å². The summed E-state index contributed by atoms with van der Waals surface area (Å²) in [6.07, 6.45) is 0.218. The van der Waals surface area contributed by atoms with E-state index in [2.05, 4.69) is 0 Å². The molecule has 7 N–H and O–H groups in total. The summed E-state index contributed by atoms with van der Waals surface area (Å²) in [6.45, 7) is -0.0545. The molecule has 2 heterocycles. The summed E-state index contributed by atoms with van der Waals surface area (Å²) >= 11 is 1.30. The largest absolute Gasteiger partial charge is 0.399 e. The van der Waals surface area contributed by atoms with Crippen LogP contribution in [0.2, 0.25) is 0 Å². The third-order valence-electron chi connectivity index (χ3n) is 5.66. The normalized spacial score (nSPS) is 16.4. The Morgan fingerprint density at radius 3 is 2.56 bits per heavy atom. The zero-order valence-electron chi connectivity index (χ0n) is 18.1. The minimum absolute atomic E-state index is 0.0537. The van der Waals surface area contributed by atoms with Gasteiger partial charge in [0.05, 0.1) is 16.3 Å². The second-order valence-electron chi connectivity index (χ2n) is 8.08. The molecule has 1 aliphatic heterocycles. The van der Waals surface area contributed by atoms with E-state index in [9.17, 15) is 18.0 Å². The fraction of sp³-hybridized carbons (Fsp3) is 0.227. The van der Waals surface area contributed by atoms with E-state index in [0.29, 0.717) is 22.5 Å². The molecule has 0 bridgehead atoms. The number of nitrogen functional groups attached to an aromatic ring is 2. The predicted molar refractivity (Wildman–Crippen MR) is 131 cm³/mol. The van der Waals surface area contributed by atoms with Crippen LogP contribution in [0.25, 0.3) is 10.8 Å². The van der Waals surface area contributed by atoms with Crippen molar-refractivity contribution in [2.24, 2.45) is 11.5 Å². The SMILES string of the molecule is N=C(N)c1cc(CN2CC[C@H](N(CC(N)=O)S(=O)(=O)c3ccc4ccc(N)cc4c3)C2=O)cs1. The van der Waals surface area contributed by atoms with Crippen molar-refractivity contribution in [3.63, 3.8) is 0 Å². The van der Waals surface area contributed by atoms with Crippen LogP contribution < -0.4 is 17.2 Å². The Morgan fingerprint density at radius 2 is 1.88 bits per heavy atom. The monoisotopic (exact) mass is 500 g/mol. The summed E-state index contributed by atoms with van der Waals surface area (Å²) in [6, 6.07) is 10.4. The molecule has 34 heavy (non-hydrogen) atoms. The molecule has 10 nitrogen and oxygen atoms in total. The number of nitrogens with two attached hydrogens (primary N) is 3. The van der Waals surface area contributed by atoms with E-state index in [-0.39, 0.29) is 23.7 Å². The highest BCUT2D eigenvalue weighted by Gasteiger charge is 2.42. The Hall–Kier alpha value is -3.48. The molecule has 0 aliphatic carbocycles. The van der Waals surface area contributed by atoms with Crippen molar-refractivity contribution in [1.29, 1.82) is 5.41 Å². The molecule has 2 amide bonds. The summed E-state index contributed by atoms with van der Waals surface area (Å²) in [7, 11) is -4.22. The molecule has 178 valence electrons. The van der Waals surface area contributed by atoms with E-state index < -0.39 is 34.4 Å². The van der Waals surface area contributed by atoms with E-state index in [4.69, 9.17) is 22.6 Å². The van der Waals surface area contributed by atoms with Gasteiger partial charge in [-0.25, -0.2) is 8.42 Å². The van der Waals surface area contributed by atoms with Crippen LogP contribution in [0.1, 0.15) is 16.9 Å². The molecule has 0 spiro atoms. The molecule has 12 heteroatoms. The second-order valence-corrected chi connectivity index (χ2v) is 10.9. The number of hydrogen-bond donors (Lipinski definition) is 4. The highest BCUT2D eigenvalue weighted by molar-refractivity contribution is 7.89. The first-order valence-corrected chi connectivity index (χ1v) is 12.7. The Kier molecular flexibility index (Phi) is 6.30. The van der Waals surface area contributed by atoms with Gasteiger partial charge in [0.25, 0.3) is 0 Å². The third-order valence-corrected chi connectivity index (χ3v) is 8.53. The fourth-order valence-electron chi connectivity index (χ4n) is 4.02. The minimum Gasteiger partial charge on any atom is -0.399 e. The number of carbonyl (C=O) groups is 2. The molecule has 3 aromatic rings. The minimum atomic E-state index is -4.22. The number of thiophene rings is 1. The zero-order valence-corrected chi connectivity index (χ0v) is 19.7. The van der Waals surface area contributed by atoms with Crippen molar-refractivity contribution in [1.82, 2.24) is 9.21 Å². The number of nitrogens with zero attached hydrogens (tertiary/aromatic N) is 2. The van der Waals surface area contributed by atoms with Crippen LogP contribution in [0.5, 0.6) is 0 Å². The lowest BCUT2D eigenvalue weighted by Crippen LogP contribution is -2.48. The van der Waals surface area contributed by atoms with Gasteiger partial charge in [-0.15, -0.1) is 11.3 Å². The average molecular weight is 501 g/mol. The standard InChI is InChI=1S/C22H24N6O4S2/c23-16-3-1-14-2-4-17(9-15(14)8-16)34(31,32)28(11-20(24)29)18-5-6-27(22(18)30)10-13-7-19(21(25)26)33-12-13/h1-4,7-9,12,18H,5-6,10-11,23H2,(H2,24,29)(H3,25,26)/t18-/m0/s1. The quantitative estimate of drug-likeness (QED) is 0.204. The molecule has 0 unspecified atom stereocenters. The number of amides is 2. The summed E-state index contributed by atoms with van der Waals surface area (Å²) in [5, 5.41) is 10.8. The first-order chi connectivity index (χ1) is 16.1. The van der Waals surface area contributed by atoms with E-state index in [1.165, 1.54) is 28.4 Å². The Bertz CT molecular complexity index is 1400. The number of rotatable bonds is 8. The number of amidine groups is 1. The van der Waals surface area contributed by atoms with Gasteiger partial charge >= 0.3 is 0 Å². The molecule has 1 fully saturated rings. The van der Waals surface area contributed by atoms with Crippen molar-refractivity contribution in [3.05, 3.63) is 58.3 Å². The van der Waals surface area contributed by atoms with Crippen LogP contribution >= 0.6 is 11.3 Å². The summed E-state index contributed by atoms with van der Waals surface area (Å²) in [5.74, 6) is -1.33. The molecule has 0 saturated carbocycles. The highest BCUT2D eigenvalue weighted by Crippen LogP contribution is 2.29. The van der Waals surface area contributed by atoms with E-state index in [1.54, 1.807) is 35.7 Å². The number of anilines is 1. The van der Waals surface area contributed by atoms with E-state index >= 15 is 0 Å². The van der Waals surface area contributed by atoms with Gasteiger partial charge in [0.15, 0.2) is 0 Å². The fourth-order valence-corrected chi connectivity index (χ4v) is 6.40. The second kappa shape index (κ2) is 9.05. The van der Waals surface area contributed by atoms with Gasteiger partial charge in [-0.3, -0.25) is 15.0 Å². The highest BCUT2D eigenvalue weighted by atomic mass is 32.2. The molecule has 1 aromatic heterocycles. The zero-order chi connectivity index (χ0) is 24.6. The maximum Gasteiger partial charge on any atom is 0.244 e.